The van der Waals surface area contributed by atoms with Crippen molar-refractivity contribution in [3.05, 3.63) is 53.3 Å². The van der Waals surface area contributed by atoms with E-state index in [0.29, 0.717) is 12.3 Å². The van der Waals surface area contributed by atoms with E-state index in [0.717, 1.165) is 5.56 Å². The van der Waals surface area contributed by atoms with Crippen LogP contribution in [0.5, 0.6) is 0 Å². The van der Waals surface area contributed by atoms with Crippen LogP contribution in [0.2, 0.25) is 5.02 Å². The van der Waals surface area contributed by atoms with Crippen LogP contribution in [0.1, 0.15) is 5.56 Å². The Morgan fingerprint density at radius 3 is 2.85 bits per heavy atom. The van der Waals surface area contributed by atoms with Crippen molar-refractivity contribution in [2.24, 2.45) is 0 Å². The van der Waals surface area contributed by atoms with E-state index in [1.807, 2.05) is 6.07 Å². The molecular formula is C13H13ClN2O3S. The highest BCUT2D eigenvalue weighted by molar-refractivity contribution is 7.92. The van der Waals surface area contributed by atoms with Crippen LogP contribution >= 0.6 is 11.6 Å². The SMILES string of the molecule is COCc1cccc(NS(=O)(=O)c2cnccc2Cl)c1. The summed E-state index contributed by atoms with van der Waals surface area (Å²) in [7, 11) is -2.19. The van der Waals surface area contributed by atoms with Gasteiger partial charge in [-0.05, 0) is 23.8 Å². The quantitative estimate of drug-likeness (QED) is 0.921. The Morgan fingerprint density at radius 1 is 1.35 bits per heavy atom. The number of benzene rings is 1. The van der Waals surface area contributed by atoms with Gasteiger partial charge in [0, 0.05) is 25.2 Å². The fourth-order valence-corrected chi connectivity index (χ4v) is 3.14. The minimum atomic E-state index is -3.76. The lowest BCUT2D eigenvalue weighted by Crippen LogP contribution is -2.13. The van der Waals surface area contributed by atoms with Crippen molar-refractivity contribution in [1.29, 1.82) is 0 Å². The van der Waals surface area contributed by atoms with Crippen molar-refractivity contribution in [2.45, 2.75) is 11.5 Å². The number of hydrogen-bond acceptors (Lipinski definition) is 4. The van der Waals surface area contributed by atoms with Gasteiger partial charge in [0.2, 0.25) is 0 Å². The first-order chi connectivity index (χ1) is 9.53. The molecule has 2 rings (SSSR count). The molecule has 0 unspecified atom stereocenters. The van der Waals surface area contributed by atoms with E-state index in [2.05, 4.69) is 9.71 Å². The van der Waals surface area contributed by atoms with Crippen molar-refractivity contribution in [1.82, 2.24) is 4.98 Å². The van der Waals surface area contributed by atoms with Gasteiger partial charge in [0.25, 0.3) is 10.0 Å². The second-order valence-electron chi connectivity index (χ2n) is 4.04. The number of halogens is 1. The molecule has 0 radical (unpaired) electrons. The number of nitrogens with one attached hydrogen (secondary N) is 1. The Labute approximate surface area is 122 Å². The Morgan fingerprint density at radius 2 is 2.15 bits per heavy atom. The first-order valence-corrected chi connectivity index (χ1v) is 7.59. The molecule has 1 N–H and O–H groups in total. The third-order valence-electron chi connectivity index (χ3n) is 2.51. The van der Waals surface area contributed by atoms with Gasteiger partial charge in [-0.3, -0.25) is 9.71 Å². The van der Waals surface area contributed by atoms with Gasteiger partial charge >= 0.3 is 0 Å². The highest BCUT2D eigenvalue weighted by Crippen LogP contribution is 2.22. The maximum atomic E-state index is 12.2. The van der Waals surface area contributed by atoms with Gasteiger partial charge in [-0.25, -0.2) is 8.42 Å². The molecule has 1 heterocycles. The maximum Gasteiger partial charge on any atom is 0.264 e. The van der Waals surface area contributed by atoms with Crippen molar-refractivity contribution in [3.8, 4) is 0 Å². The van der Waals surface area contributed by atoms with E-state index >= 15 is 0 Å². The maximum absolute atomic E-state index is 12.2. The summed E-state index contributed by atoms with van der Waals surface area (Å²) in [6, 6.07) is 8.37. The van der Waals surface area contributed by atoms with Gasteiger partial charge in [0.15, 0.2) is 0 Å². The normalized spacial score (nSPS) is 11.3. The highest BCUT2D eigenvalue weighted by atomic mass is 35.5. The number of rotatable bonds is 5. The Bertz CT molecular complexity index is 704. The molecule has 1 aromatic heterocycles. The third kappa shape index (κ3) is 3.47. The molecule has 1 aromatic carbocycles. The van der Waals surface area contributed by atoms with Gasteiger partial charge < -0.3 is 4.74 Å². The number of hydrogen-bond donors (Lipinski definition) is 1. The summed E-state index contributed by atoms with van der Waals surface area (Å²) in [6.45, 7) is 0.406. The number of pyridine rings is 1. The number of anilines is 1. The van der Waals surface area contributed by atoms with Crippen LogP contribution < -0.4 is 4.72 Å². The van der Waals surface area contributed by atoms with Gasteiger partial charge in [-0.2, -0.15) is 0 Å². The predicted octanol–water partition coefficient (Wildman–Crippen LogP) is 2.68. The molecule has 0 atom stereocenters. The minimum absolute atomic E-state index is 0.0567. The molecule has 0 bridgehead atoms. The average Bonchev–Trinajstić information content (AvgIpc) is 2.39. The van der Waals surface area contributed by atoms with E-state index in [-0.39, 0.29) is 9.92 Å². The van der Waals surface area contributed by atoms with E-state index in [1.165, 1.54) is 18.5 Å². The van der Waals surface area contributed by atoms with Crippen LogP contribution in [0.3, 0.4) is 0 Å². The van der Waals surface area contributed by atoms with Gasteiger partial charge in [-0.15, -0.1) is 0 Å². The average molecular weight is 313 g/mol. The summed E-state index contributed by atoms with van der Waals surface area (Å²) < 4.78 is 31.9. The van der Waals surface area contributed by atoms with E-state index in [1.54, 1.807) is 25.3 Å². The molecule has 0 saturated carbocycles. The smallest absolute Gasteiger partial charge is 0.264 e. The summed E-state index contributed by atoms with van der Waals surface area (Å²) in [5, 5.41) is 0.126. The molecule has 5 nitrogen and oxygen atoms in total. The van der Waals surface area contributed by atoms with Gasteiger partial charge in [0.05, 0.1) is 11.6 Å². The monoisotopic (exact) mass is 312 g/mol. The summed E-state index contributed by atoms with van der Waals surface area (Å²) >= 11 is 5.88. The lowest BCUT2D eigenvalue weighted by atomic mass is 10.2. The number of sulfonamides is 1. The summed E-state index contributed by atoms with van der Waals surface area (Å²) in [4.78, 5) is 3.72. The molecular weight excluding hydrogens is 300 g/mol. The molecule has 0 fully saturated rings. The minimum Gasteiger partial charge on any atom is -0.380 e. The molecule has 106 valence electrons. The largest absolute Gasteiger partial charge is 0.380 e. The Hall–Kier alpha value is -1.63. The molecule has 20 heavy (non-hydrogen) atoms. The second kappa shape index (κ2) is 6.21. The topological polar surface area (TPSA) is 68.3 Å². The third-order valence-corrected chi connectivity index (χ3v) is 4.36. The Kier molecular flexibility index (Phi) is 4.59. The van der Waals surface area contributed by atoms with E-state index < -0.39 is 10.0 Å². The summed E-state index contributed by atoms with van der Waals surface area (Å²) in [5.74, 6) is 0. The van der Waals surface area contributed by atoms with Gasteiger partial charge in [0.1, 0.15) is 4.90 Å². The fraction of sp³-hybridized carbons (Fsp3) is 0.154. The van der Waals surface area contributed by atoms with Crippen LogP contribution in [0, 0.1) is 0 Å². The number of nitrogens with zero attached hydrogens (tertiary/aromatic N) is 1. The summed E-state index contributed by atoms with van der Waals surface area (Å²) in [6.07, 6.45) is 2.64. The number of methoxy groups -OCH3 is 1. The van der Waals surface area contributed by atoms with Crippen molar-refractivity contribution >= 4 is 27.3 Å². The first-order valence-electron chi connectivity index (χ1n) is 5.73. The van der Waals surface area contributed by atoms with Crippen molar-refractivity contribution in [3.63, 3.8) is 0 Å². The second-order valence-corrected chi connectivity index (χ2v) is 6.10. The van der Waals surface area contributed by atoms with Crippen LogP contribution in [-0.2, 0) is 21.4 Å². The fourth-order valence-electron chi connectivity index (χ4n) is 1.66. The molecule has 0 spiro atoms. The van der Waals surface area contributed by atoms with Crippen LogP contribution in [0.25, 0.3) is 0 Å². The molecule has 7 heteroatoms. The molecule has 0 saturated heterocycles. The molecule has 0 aliphatic carbocycles. The number of ether oxygens (including phenoxy) is 1. The Balaban J connectivity index is 2.29. The first kappa shape index (κ1) is 14.8. The van der Waals surface area contributed by atoms with Crippen molar-refractivity contribution < 1.29 is 13.2 Å². The zero-order valence-electron chi connectivity index (χ0n) is 10.7. The predicted molar refractivity (Wildman–Crippen MR) is 77.2 cm³/mol. The standard InChI is InChI=1S/C13H13ClN2O3S/c1-19-9-10-3-2-4-11(7-10)16-20(17,18)13-8-15-6-5-12(13)14/h2-8,16H,9H2,1H3. The van der Waals surface area contributed by atoms with Crippen LogP contribution in [-0.4, -0.2) is 20.5 Å². The lowest BCUT2D eigenvalue weighted by Gasteiger charge is -2.10. The molecule has 0 amide bonds. The number of aromatic nitrogens is 1. The van der Waals surface area contributed by atoms with Crippen LogP contribution in [0.15, 0.2) is 47.6 Å². The highest BCUT2D eigenvalue weighted by Gasteiger charge is 2.18. The van der Waals surface area contributed by atoms with E-state index in [9.17, 15) is 8.42 Å². The summed E-state index contributed by atoms with van der Waals surface area (Å²) in [5.41, 5.74) is 1.31. The lowest BCUT2D eigenvalue weighted by molar-refractivity contribution is 0.185. The zero-order chi connectivity index (χ0) is 14.6. The zero-order valence-corrected chi connectivity index (χ0v) is 12.3. The van der Waals surface area contributed by atoms with Crippen molar-refractivity contribution in [2.75, 3.05) is 11.8 Å². The van der Waals surface area contributed by atoms with Gasteiger partial charge in [-0.1, -0.05) is 23.7 Å². The molecule has 2 aromatic rings. The van der Waals surface area contributed by atoms with Crippen LogP contribution in [0.4, 0.5) is 5.69 Å². The van der Waals surface area contributed by atoms with E-state index in [4.69, 9.17) is 16.3 Å². The molecule has 0 aliphatic heterocycles. The molecule has 0 aliphatic rings.